The molecule has 1 spiro atoms. The Balaban J connectivity index is 1.45. The lowest BCUT2D eigenvalue weighted by molar-refractivity contribution is -0.157. The largest absolute Gasteiger partial charge is 0.494 e. The van der Waals surface area contributed by atoms with Crippen LogP contribution in [0.25, 0.3) is 0 Å². The van der Waals surface area contributed by atoms with Crippen molar-refractivity contribution < 1.29 is 29.0 Å². The van der Waals surface area contributed by atoms with Crippen LogP contribution in [0, 0.1) is 11.8 Å². The van der Waals surface area contributed by atoms with Crippen LogP contribution in [-0.2, 0) is 25.5 Å². The van der Waals surface area contributed by atoms with E-state index in [2.05, 4.69) is 13.2 Å². The zero-order valence-corrected chi connectivity index (χ0v) is 29.7. The normalized spacial score (nSPS) is 27.9. The van der Waals surface area contributed by atoms with Gasteiger partial charge < -0.3 is 29.3 Å². The molecule has 3 heterocycles. The molecule has 6 atom stereocenters. The SMILES string of the molecule is C=CCN(C(=O)[C@H]1[C@H]2C(=O)N([C@@H](CO)Cc3ccccc3)C(C(=O)N(CC=C)C3CCCCC3)C23CC[C@]1(CC)O3)c1ccc(OCC)cc1. The molecule has 4 aliphatic rings. The van der Waals surface area contributed by atoms with Gasteiger partial charge in [0.25, 0.3) is 0 Å². The summed E-state index contributed by atoms with van der Waals surface area (Å²) < 4.78 is 12.8. The molecule has 268 valence electrons. The molecule has 1 N–H and O–H groups in total. The van der Waals surface area contributed by atoms with Crippen molar-refractivity contribution in [3.8, 4) is 5.75 Å². The van der Waals surface area contributed by atoms with Gasteiger partial charge in [0.1, 0.15) is 17.4 Å². The molecule has 3 amide bonds. The summed E-state index contributed by atoms with van der Waals surface area (Å²) in [5, 5.41) is 11.0. The number of aliphatic hydroxyl groups is 1. The second-order valence-electron chi connectivity index (χ2n) is 14.3. The zero-order valence-electron chi connectivity index (χ0n) is 29.7. The molecule has 3 aliphatic heterocycles. The van der Waals surface area contributed by atoms with Crippen molar-refractivity contribution in [3.63, 3.8) is 0 Å². The van der Waals surface area contributed by atoms with Gasteiger partial charge >= 0.3 is 0 Å². The average molecular weight is 684 g/mol. The molecular weight excluding hydrogens is 630 g/mol. The van der Waals surface area contributed by atoms with Gasteiger partial charge in [0.05, 0.1) is 36.7 Å². The number of anilines is 1. The number of carbonyl (C=O) groups excluding carboxylic acids is 3. The molecule has 0 aromatic heterocycles. The van der Waals surface area contributed by atoms with Crippen LogP contribution in [0.15, 0.2) is 79.9 Å². The van der Waals surface area contributed by atoms with Gasteiger partial charge in [-0.1, -0.05) is 68.7 Å². The third-order valence-corrected chi connectivity index (χ3v) is 11.7. The average Bonchev–Trinajstić information content (AvgIpc) is 3.76. The van der Waals surface area contributed by atoms with Crippen molar-refractivity contribution >= 4 is 23.4 Å². The topological polar surface area (TPSA) is 99.6 Å². The third kappa shape index (κ3) is 6.17. The minimum atomic E-state index is -1.21. The van der Waals surface area contributed by atoms with Crippen molar-refractivity contribution in [2.24, 2.45) is 11.8 Å². The first-order valence-corrected chi connectivity index (χ1v) is 18.5. The minimum Gasteiger partial charge on any atom is -0.494 e. The van der Waals surface area contributed by atoms with Crippen LogP contribution >= 0.6 is 0 Å². The second kappa shape index (κ2) is 15.1. The first kappa shape index (κ1) is 35.9. The maximum Gasteiger partial charge on any atom is 0.248 e. The fourth-order valence-electron chi connectivity index (χ4n) is 9.46. The monoisotopic (exact) mass is 683 g/mol. The highest BCUT2D eigenvalue weighted by molar-refractivity contribution is 6.03. The van der Waals surface area contributed by atoms with Gasteiger partial charge in [0.2, 0.25) is 17.7 Å². The standard InChI is InChI=1S/C41H53N3O6/c1-5-25-42(31-19-21-33(22-20-31)49-8-4)37(46)34-35-38(47)44(32(28-45)27-29-15-11-9-12-16-29)36(41(35)24-23-40(34,7-3)50-41)39(48)43(26-6-2)30-17-13-10-14-18-30/h5-6,9,11-12,15-16,19-22,30,32,34-36,45H,1-2,7-8,10,13-14,17-18,23-28H2,3-4H3/t32-,34-,35+,36?,40+,41?/m1/s1. The lowest BCUT2D eigenvalue weighted by atomic mass is 9.64. The molecular formula is C41H53N3O6. The second-order valence-corrected chi connectivity index (χ2v) is 14.3. The number of nitrogens with zero attached hydrogens (tertiary/aromatic N) is 3. The van der Waals surface area contributed by atoms with Gasteiger partial charge in [-0.25, -0.2) is 0 Å². The highest BCUT2D eigenvalue weighted by atomic mass is 16.5. The predicted octanol–water partition coefficient (Wildman–Crippen LogP) is 5.71. The molecule has 0 radical (unpaired) electrons. The van der Waals surface area contributed by atoms with Gasteiger partial charge in [0, 0.05) is 24.8 Å². The molecule has 2 aromatic carbocycles. The molecule has 50 heavy (non-hydrogen) atoms. The Kier molecular flexibility index (Phi) is 10.8. The number of hydrogen-bond donors (Lipinski definition) is 1. The van der Waals surface area contributed by atoms with E-state index in [1.165, 1.54) is 0 Å². The molecule has 9 heteroatoms. The summed E-state index contributed by atoms with van der Waals surface area (Å²) in [6.07, 6.45) is 10.4. The summed E-state index contributed by atoms with van der Waals surface area (Å²) in [7, 11) is 0. The van der Waals surface area contributed by atoms with E-state index in [1.807, 2.05) is 73.3 Å². The van der Waals surface area contributed by atoms with Crippen LogP contribution in [-0.4, -0.2) is 88.3 Å². The van der Waals surface area contributed by atoms with Gasteiger partial charge in [-0.05, 0) is 75.3 Å². The van der Waals surface area contributed by atoms with Crippen LogP contribution < -0.4 is 9.64 Å². The Bertz CT molecular complexity index is 1540. The quantitative estimate of drug-likeness (QED) is 0.242. The molecule has 2 aromatic rings. The molecule has 1 aliphatic carbocycles. The minimum absolute atomic E-state index is 0.0299. The van der Waals surface area contributed by atoms with Gasteiger partial charge in [-0.2, -0.15) is 0 Å². The first-order chi connectivity index (χ1) is 24.3. The highest BCUT2D eigenvalue weighted by Gasteiger charge is 2.79. The van der Waals surface area contributed by atoms with Crippen molar-refractivity contribution in [2.75, 3.05) is 31.2 Å². The van der Waals surface area contributed by atoms with Gasteiger partial charge in [-0.15, -0.1) is 13.2 Å². The van der Waals surface area contributed by atoms with E-state index >= 15 is 14.4 Å². The third-order valence-electron chi connectivity index (χ3n) is 11.7. The number of aliphatic hydroxyl groups excluding tert-OH is 1. The highest BCUT2D eigenvalue weighted by Crippen LogP contribution is 2.65. The first-order valence-electron chi connectivity index (χ1n) is 18.5. The number of hydrogen-bond acceptors (Lipinski definition) is 6. The summed E-state index contributed by atoms with van der Waals surface area (Å²) in [4.78, 5) is 50.6. The Labute approximate surface area is 296 Å². The molecule has 3 saturated heterocycles. The van der Waals surface area contributed by atoms with Crippen molar-refractivity contribution in [2.45, 2.75) is 101 Å². The number of fused-ring (bicyclic) bond motifs is 1. The van der Waals surface area contributed by atoms with Crippen LogP contribution in [0.4, 0.5) is 5.69 Å². The van der Waals surface area contributed by atoms with Crippen LogP contribution in [0.3, 0.4) is 0 Å². The molecule has 6 rings (SSSR count). The maximum atomic E-state index is 15.2. The summed E-state index contributed by atoms with van der Waals surface area (Å²) in [6, 6.07) is 15.5. The Hall–Kier alpha value is -3.95. The fraction of sp³-hybridized carbons (Fsp3) is 0.537. The lowest BCUT2D eigenvalue weighted by Gasteiger charge is -2.42. The van der Waals surface area contributed by atoms with Gasteiger partial charge in [-0.3, -0.25) is 14.4 Å². The van der Waals surface area contributed by atoms with Crippen LogP contribution in [0.1, 0.15) is 70.8 Å². The van der Waals surface area contributed by atoms with E-state index in [0.29, 0.717) is 50.3 Å². The van der Waals surface area contributed by atoms with Crippen molar-refractivity contribution in [3.05, 3.63) is 85.5 Å². The van der Waals surface area contributed by atoms with Gasteiger partial charge in [0.15, 0.2) is 0 Å². The van der Waals surface area contributed by atoms with E-state index in [4.69, 9.17) is 9.47 Å². The Morgan fingerprint density at radius 2 is 1.70 bits per heavy atom. The van der Waals surface area contributed by atoms with E-state index in [9.17, 15) is 5.11 Å². The predicted molar refractivity (Wildman–Crippen MR) is 194 cm³/mol. The smallest absolute Gasteiger partial charge is 0.248 e. The summed E-state index contributed by atoms with van der Waals surface area (Å²) in [5.74, 6) is -1.68. The Morgan fingerprint density at radius 3 is 2.32 bits per heavy atom. The number of ether oxygens (including phenoxy) is 2. The molecule has 2 unspecified atom stereocenters. The maximum absolute atomic E-state index is 15.2. The Morgan fingerprint density at radius 1 is 1.00 bits per heavy atom. The molecule has 2 bridgehead atoms. The summed E-state index contributed by atoms with van der Waals surface area (Å²) in [6.45, 7) is 12.7. The summed E-state index contributed by atoms with van der Waals surface area (Å²) in [5.41, 5.74) is -0.495. The fourth-order valence-corrected chi connectivity index (χ4v) is 9.46. The number of amides is 3. The van der Waals surface area contributed by atoms with Crippen LogP contribution in [0.5, 0.6) is 5.75 Å². The molecule has 1 saturated carbocycles. The number of rotatable bonds is 15. The van der Waals surface area contributed by atoms with E-state index in [1.54, 1.807) is 22.0 Å². The number of likely N-dealkylation sites (tertiary alicyclic amines) is 1. The zero-order chi connectivity index (χ0) is 35.5. The van der Waals surface area contributed by atoms with Crippen LogP contribution in [0.2, 0.25) is 0 Å². The van der Waals surface area contributed by atoms with Crippen molar-refractivity contribution in [1.82, 2.24) is 9.80 Å². The molecule has 4 fully saturated rings. The van der Waals surface area contributed by atoms with E-state index < -0.39 is 35.1 Å². The number of carbonyl (C=O) groups is 3. The molecule has 9 nitrogen and oxygen atoms in total. The number of benzene rings is 2. The lowest BCUT2D eigenvalue weighted by Crippen LogP contribution is -2.60. The van der Waals surface area contributed by atoms with E-state index in [-0.39, 0.29) is 36.9 Å². The van der Waals surface area contributed by atoms with E-state index in [0.717, 1.165) is 37.7 Å². The summed E-state index contributed by atoms with van der Waals surface area (Å²) >= 11 is 0. The van der Waals surface area contributed by atoms with Crippen molar-refractivity contribution in [1.29, 1.82) is 0 Å².